The Hall–Kier alpha value is -2.02. The van der Waals surface area contributed by atoms with E-state index in [4.69, 9.17) is 12.2 Å². The van der Waals surface area contributed by atoms with Gasteiger partial charge in [-0.3, -0.25) is 19.4 Å². The van der Waals surface area contributed by atoms with E-state index in [1.807, 2.05) is 26.0 Å². The van der Waals surface area contributed by atoms with Gasteiger partial charge >= 0.3 is 0 Å². The molecule has 0 unspecified atom stereocenters. The molecular weight excluding hydrogens is 274 g/mol. The maximum atomic E-state index is 11.9. The van der Waals surface area contributed by atoms with Gasteiger partial charge in [0.25, 0.3) is 0 Å². The average Bonchev–Trinajstić information content (AvgIpc) is 2.79. The Kier molecular flexibility index (Phi) is 4.62. The Morgan fingerprint density at radius 3 is 3.00 bits per heavy atom. The predicted molar refractivity (Wildman–Crippen MR) is 78.5 cm³/mol. The van der Waals surface area contributed by atoms with Gasteiger partial charge in [-0.15, -0.1) is 0 Å². The SMILES string of the molecule is CC(C)CNC(=O)Cn1c(-c2cccnc2)n[nH]c1=S. The Labute approximate surface area is 122 Å². The van der Waals surface area contributed by atoms with Crippen molar-refractivity contribution in [2.75, 3.05) is 6.54 Å². The second kappa shape index (κ2) is 6.42. The number of aromatic amines is 1. The number of hydrogen-bond donors (Lipinski definition) is 2. The number of rotatable bonds is 5. The normalized spacial score (nSPS) is 10.8. The van der Waals surface area contributed by atoms with Crippen LogP contribution in [0.25, 0.3) is 11.4 Å². The lowest BCUT2D eigenvalue weighted by molar-refractivity contribution is -0.121. The van der Waals surface area contributed by atoms with E-state index in [1.54, 1.807) is 17.0 Å². The first-order chi connectivity index (χ1) is 9.58. The van der Waals surface area contributed by atoms with Crippen LogP contribution in [0.5, 0.6) is 0 Å². The average molecular weight is 291 g/mol. The van der Waals surface area contributed by atoms with Crippen LogP contribution in [0.4, 0.5) is 0 Å². The molecule has 0 saturated carbocycles. The van der Waals surface area contributed by atoms with E-state index in [2.05, 4.69) is 20.5 Å². The van der Waals surface area contributed by atoms with Crippen molar-refractivity contribution in [1.29, 1.82) is 0 Å². The zero-order valence-electron chi connectivity index (χ0n) is 11.5. The highest BCUT2D eigenvalue weighted by Gasteiger charge is 2.12. The summed E-state index contributed by atoms with van der Waals surface area (Å²) in [5.74, 6) is 0.943. The minimum absolute atomic E-state index is 0.0821. The predicted octanol–water partition coefficient (Wildman–Crippen LogP) is 1.77. The highest BCUT2D eigenvalue weighted by Crippen LogP contribution is 2.15. The van der Waals surface area contributed by atoms with Gasteiger partial charge in [0, 0.05) is 24.5 Å². The van der Waals surface area contributed by atoms with Gasteiger partial charge in [0.05, 0.1) is 0 Å². The molecule has 0 aliphatic heterocycles. The second-order valence-electron chi connectivity index (χ2n) is 4.88. The number of nitrogens with one attached hydrogen (secondary N) is 2. The van der Waals surface area contributed by atoms with Crippen LogP contribution in [0.3, 0.4) is 0 Å². The first-order valence-corrected chi connectivity index (χ1v) is 6.81. The molecule has 0 atom stereocenters. The standard InChI is InChI=1S/C13H17N5OS/c1-9(2)6-15-11(19)8-18-12(16-17-13(18)20)10-4-3-5-14-7-10/h3-5,7,9H,6,8H2,1-2H3,(H,15,19)(H,17,20). The van der Waals surface area contributed by atoms with Crippen LogP contribution in [0.1, 0.15) is 13.8 Å². The number of aromatic nitrogens is 4. The lowest BCUT2D eigenvalue weighted by atomic mass is 10.2. The molecule has 0 aliphatic carbocycles. The summed E-state index contributed by atoms with van der Waals surface area (Å²) >= 11 is 5.17. The van der Waals surface area contributed by atoms with Gasteiger partial charge in [0.15, 0.2) is 10.6 Å². The zero-order valence-corrected chi connectivity index (χ0v) is 12.3. The minimum atomic E-state index is -0.0821. The molecule has 1 amide bonds. The first kappa shape index (κ1) is 14.4. The quantitative estimate of drug-likeness (QED) is 0.823. The van der Waals surface area contributed by atoms with Crippen LogP contribution < -0.4 is 5.32 Å². The van der Waals surface area contributed by atoms with Crippen LogP contribution in [0, 0.1) is 10.7 Å². The topological polar surface area (TPSA) is 75.6 Å². The molecule has 0 saturated heterocycles. The number of pyridine rings is 1. The summed E-state index contributed by atoms with van der Waals surface area (Å²) in [5.41, 5.74) is 0.816. The molecule has 2 heterocycles. The molecule has 2 aromatic rings. The third-order valence-corrected chi connectivity index (χ3v) is 3.00. The first-order valence-electron chi connectivity index (χ1n) is 6.40. The molecule has 0 radical (unpaired) electrons. The number of H-pyrrole nitrogens is 1. The summed E-state index contributed by atoms with van der Waals surface area (Å²) in [4.78, 5) is 16.0. The molecule has 7 heteroatoms. The maximum Gasteiger partial charge on any atom is 0.240 e. The summed E-state index contributed by atoms with van der Waals surface area (Å²) in [5, 5.41) is 9.74. The molecule has 2 rings (SSSR count). The zero-order chi connectivity index (χ0) is 14.5. The summed E-state index contributed by atoms with van der Waals surface area (Å²) < 4.78 is 2.09. The monoisotopic (exact) mass is 291 g/mol. The Morgan fingerprint density at radius 2 is 2.35 bits per heavy atom. The summed E-state index contributed by atoms with van der Waals surface area (Å²) in [6.07, 6.45) is 3.37. The lowest BCUT2D eigenvalue weighted by Crippen LogP contribution is -2.30. The van der Waals surface area contributed by atoms with E-state index in [0.717, 1.165) is 5.56 Å². The molecule has 0 aromatic carbocycles. The molecule has 106 valence electrons. The largest absolute Gasteiger partial charge is 0.354 e. The highest BCUT2D eigenvalue weighted by atomic mass is 32.1. The molecule has 20 heavy (non-hydrogen) atoms. The van der Waals surface area contributed by atoms with Crippen LogP contribution in [-0.4, -0.2) is 32.2 Å². The van der Waals surface area contributed by atoms with Crippen molar-refractivity contribution < 1.29 is 4.79 Å². The summed E-state index contributed by atoms with van der Waals surface area (Å²) in [6, 6.07) is 3.69. The highest BCUT2D eigenvalue weighted by molar-refractivity contribution is 7.71. The lowest BCUT2D eigenvalue weighted by Gasteiger charge is -2.09. The second-order valence-corrected chi connectivity index (χ2v) is 5.26. The molecule has 0 bridgehead atoms. The number of carbonyl (C=O) groups is 1. The Morgan fingerprint density at radius 1 is 1.55 bits per heavy atom. The molecule has 6 nitrogen and oxygen atoms in total. The Balaban J connectivity index is 2.18. The molecule has 0 aliphatic rings. The van der Waals surface area contributed by atoms with E-state index in [9.17, 15) is 4.79 Å². The third-order valence-electron chi connectivity index (χ3n) is 2.69. The molecule has 2 N–H and O–H groups in total. The van der Waals surface area contributed by atoms with Crippen molar-refractivity contribution >= 4 is 18.1 Å². The van der Waals surface area contributed by atoms with Gasteiger partial charge in [-0.05, 0) is 30.3 Å². The van der Waals surface area contributed by atoms with E-state index >= 15 is 0 Å². The fourth-order valence-corrected chi connectivity index (χ4v) is 1.89. The van der Waals surface area contributed by atoms with Crippen LogP contribution in [-0.2, 0) is 11.3 Å². The number of hydrogen-bond acceptors (Lipinski definition) is 4. The van der Waals surface area contributed by atoms with Gasteiger partial charge in [-0.25, -0.2) is 0 Å². The summed E-state index contributed by atoms with van der Waals surface area (Å²) in [7, 11) is 0. The van der Waals surface area contributed by atoms with E-state index in [-0.39, 0.29) is 12.5 Å². The van der Waals surface area contributed by atoms with E-state index in [0.29, 0.717) is 23.1 Å². The van der Waals surface area contributed by atoms with Crippen molar-refractivity contribution in [3.05, 3.63) is 29.3 Å². The summed E-state index contributed by atoms with van der Waals surface area (Å²) in [6.45, 7) is 4.88. The van der Waals surface area contributed by atoms with Gasteiger partial charge in [-0.2, -0.15) is 5.10 Å². The van der Waals surface area contributed by atoms with Crippen LogP contribution in [0.15, 0.2) is 24.5 Å². The van der Waals surface area contributed by atoms with Crippen molar-refractivity contribution in [2.45, 2.75) is 20.4 Å². The van der Waals surface area contributed by atoms with Crippen molar-refractivity contribution in [3.8, 4) is 11.4 Å². The van der Waals surface area contributed by atoms with Crippen molar-refractivity contribution in [1.82, 2.24) is 25.1 Å². The van der Waals surface area contributed by atoms with Crippen molar-refractivity contribution in [3.63, 3.8) is 0 Å². The van der Waals surface area contributed by atoms with E-state index in [1.165, 1.54) is 0 Å². The smallest absolute Gasteiger partial charge is 0.240 e. The van der Waals surface area contributed by atoms with Gasteiger partial charge in [0.1, 0.15) is 6.54 Å². The molecular formula is C13H17N5OS. The molecule has 0 fully saturated rings. The number of nitrogens with zero attached hydrogens (tertiary/aromatic N) is 3. The number of carbonyl (C=O) groups excluding carboxylic acids is 1. The Bertz CT molecular complexity index is 632. The van der Waals surface area contributed by atoms with Gasteiger partial charge in [-0.1, -0.05) is 13.8 Å². The van der Waals surface area contributed by atoms with Crippen molar-refractivity contribution in [2.24, 2.45) is 5.92 Å². The fraction of sp³-hybridized carbons (Fsp3) is 0.385. The molecule has 0 spiro atoms. The van der Waals surface area contributed by atoms with Gasteiger partial charge < -0.3 is 5.32 Å². The third kappa shape index (κ3) is 3.51. The maximum absolute atomic E-state index is 11.9. The molecule has 2 aromatic heterocycles. The van der Waals surface area contributed by atoms with Crippen LogP contribution in [0.2, 0.25) is 0 Å². The van der Waals surface area contributed by atoms with Gasteiger partial charge in [0.2, 0.25) is 5.91 Å². The fourth-order valence-electron chi connectivity index (χ4n) is 1.70. The van der Waals surface area contributed by atoms with Crippen LogP contribution >= 0.6 is 12.2 Å². The number of amides is 1. The minimum Gasteiger partial charge on any atom is -0.354 e. The van der Waals surface area contributed by atoms with E-state index < -0.39 is 0 Å².